The van der Waals surface area contributed by atoms with Crippen LogP contribution >= 0.6 is 0 Å². The number of aliphatic imine (C=N–C) groups is 1. The van der Waals surface area contributed by atoms with Gasteiger partial charge in [-0.15, -0.1) is 0 Å². The lowest BCUT2D eigenvalue weighted by atomic mass is 10.1. The summed E-state index contributed by atoms with van der Waals surface area (Å²) < 4.78 is 27.6. The van der Waals surface area contributed by atoms with E-state index in [0.29, 0.717) is 11.3 Å². The van der Waals surface area contributed by atoms with E-state index in [4.69, 9.17) is 0 Å². The minimum Gasteiger partial charge on any atom is -0.266 e. The van der Waals surface area contributed by atoms with Crippen molar-refractivity contribution in [2.24, 2.45) is 4.99 Å². The van der Waals surface area contributed by atoms with Crippen molar-refractivity contribution in [3.05, 3.63) is 107 Å². The zero-order valence-electron chi connectivity index (χ0n) is 15.1. The van der Waals surface area contributed by atoms with Gasteiger partial charge in [0.05, 0.1) is 11.3 Å². The molecule has 4 rings (SSSR count). The number of aryl methyl sites for hydroxylation is 1. The molecule has 0 unspecified atom stereocenters. The maximum atomic E-state index is 14.4. The topological polar surface area (TPSA) is 32.7 Å². The number of rotatable bonds is 3. The number of anilines is 1. The Bertz CT molecular complexity index is 1100. The standard InChI is InChI=1S/C23H16F2N2O/c1-15-6-12-18(13-7-15)27-22(19-4-2-3-5-20(19)25)26-21(23(27)28)14-16-8-10-17(24)11-9-16/h2-14H,1H3/b21-14+. The monoisotopic (exact) mass is 374 g/mol. The largest absolute Gasteiger partial charge is 0.282 e. The molecule has 0 spiro atoms. The summed E-state index contributed by atoms with van der Waals surface area (Å²) in [5.41, 5.74) is 2.67. The van der Waals surface area contributed by atoms with Gasteiger partial charge in [0.25, 0.3) is 5.91 Å². The summed E-state index contributed by atoms with van der Waals surface area (Å²) in [6.07, 6.45) is 1.57. The van der Waals surface area contributed by atoms with Crippen molar-refractivity contribution in [2.45, 2.75) is 6.92 Å². The molecule has 1 aliphatic heterocycles. The average Bonchev–Trinajstić information content (AvgIpc) is 3.01. The zero-order valence-corrected chi connectivity index (χ0v) is 15.1. The second-order valence-electron chi connectivity index (χ2n) is 6.47. The third-order valence-electron chi connectivity index (χ3n) is 4.44. The van der Waals surface area contributed by atoms with E-state index in [0.717, 1.165) is 5.56 Å². The number of hydrogen-bond donors (Lipinski definition) is 0. The van der Waals surface area contributed by atoms with E-state index >= 15 is 0 Å². The maximum absolute atomic E-state index is 14.4. The highest BCUT2D eigenvalue weighted by Gasteiger charge is 2.33. The van der Waals surface area contributed by atoms with Gasteiger partial charge in [-0.05, 0) is 55.0 Å². The van der Waals surface area contributed by atoms with Gasteiger partial charge in [0.2, 0.25) is 0 Å². The SMILES string of the molecule is Cc1ccc(N2C(=O)/C(=C\c3ccc(F)cc3)N=C2c2ccccc2F)cc1. The molecule has 0 aromatic heterocycles. The summed E-state index contributed by atoms with van der Waals surface area (Å²) in [6.45, 7) is 1.95. The van der Waals surface area contributed by atoms with Crippen LogP contribution in [0.15, 0.2) is 83.5 Å². The molecule has 3 aromatic carbocycles. The van der Waals surface area contributed by atoms with Crippen LogP contribution in [0.4, 0.5) is 14.5 Å². The Kier molecular flexibility index (Phi) is 4.57. The first kappa shape index (κ1) is 17.8. The van der Waals surface area contributed by atoms with Gasteiger partial charge in [0.1, 0.15) is 17.3 Å². The number of amides is 1. The van der Waals surface area contributed by atoms with Gasteiger partial charge >= 0.3 is 0 Å². The Morgan fingerprint density at radius 1 is 0.893 bits per heavy atom. The van der Waals surface area contributed by atoms with E-state index in [1.165, 1.54) is 23.1 Å². The molecule has 28 heavy (non-hydrogen) atoms. The van der Waals surface area contributed by atoms with E-state index in [2.05, 4.69) is 4.99 Å². The predicted octanol–water partition coefficient (Wildman–Crippen LogP) is 5.11. The van der Waals surface area contributed by atoms with Gasteiger partial charge in [-0.1, -0.05) is 42.0 Å². The fourth-order valence-corrected chi connectivity index (χ4v) is 2.99. The number of carbonyl (C=O) groups excluding carboxylic acids is 1. The highest BCUT2D eigenvalue weighted by molar-refractivity contribution is 6.33. The molecule has 0 aliphatic carbocycles. The molecule has 0 fully saturated rings. The van der Waals surface area contributed by atoms with E-state index in [-0.39, 0.29) is 28.8 Å². The molecule has 0 atom stereocenters. The summed E-state index contributed by atoms with van der Waals surface area (Å²) in [7, 11) is 0. The molecule has 0 bridgehead atoms. The van der Waals surface area contributed by atoms with Crippen LogP contribution in [0.5, 0.6) is 0 Å². The highest BCUT2D eigenvalue weighted by atomic mass is 19.1. The highest BCUT2D eigenvalue weighted by Crippen LogP contribution is 2.29. The lowest BCUT2D eigenvalue weighted by molar-refractivity contribution is -0.113. The van der Waals surface area contributed by atoms with Crippen LogP contribution in [0, 0.1) is 18.6 Å². The Hall–Kier alpha value is -3.60. The second kappa shape index (κ2) is 7.19. The smallest absolute Gasteiger partial charge is 0.266 e. The van der Waals surface area contributed by atoms with E-state index in [1.807, 2.05) is 19.1 Å². The maximum Gasteiger partial charge on any atom is 0.282 e. The van der Waals surface area contributed by atoms with Crippen LogP contribution in [0.3, 0.4) is 0 Å². The first-order valence-electron chi connectivity index (χ1n) is 8.75. The quantitative estimate of drug-likeness (QED) is 0.587. The van der Waals surface area contributed by atoms with Crippen molar-refractivity contribution >= 4 is 23.5 Å². The summed E-state index contributed by atoms with van der Waals surface area (Å²) >= 11 is 0. The van der Waals surface area contributed by atoms with Crippen molar-refractivity contribution in [3.63, 3.8) is 0 Å². The molecule has 0 N–H and O–H groups in total. The van der Waals surface area contributed by atoms with Crippen molar-refractivity contribution < 1.29 is 13.6 Å². The van der Waals surface area contributed by atoms with E-state index in [1.54, 1.807) is 48.5 Å². The molecule has 1 heterocycles. The van der Waals surface area contributed by atoms with Crippen LogP contribution in [0.25, 0.3) is 6.08 Å². The Labute approximate surface area is 161 Å². The van der Waals surface area contributed by atoms with Gasteiger partial charge in [0.15, 0.2) is 5.84 Å². The molecule has 0 saturated heterocycles. The molecular formula is C23H16F2N2O. The Balaban J connectivity index is 1.84. The Morgan fingerprint density at radius 2 is 1.57 bits per heavy atom. The number of benzene rings is 3. The van der Waals surface area contributed by atoms with Crippen molar-refractivity contribution in [3.8, 4) is 0 Å². The molecule has 0 radical (unpaired) electrons. The first-order chi connectivity index (χ1) is 13.5. The minimum atomic E-state index is -0.464. The molecule has 0 saturated carbocycles. The number of carbonyl (C=O) groups is 1. The van der Waals surface area contributed by atoms with Gasteiger partial charge < -0.3 is 0 Å². The van der Waals surface area contributed by atoms with Crippen molar-refractivity contribution in [1.29, 1.82) is 0 Å². The minimum absolute atomic E-state index is 0.158. The van der Waals surface area contributed by atoms with Gasteiger partial charge in [-0.2, -0.15) is 0 Å². The van der Waals surface area contributed by atoms with Gasteiger partial charge in [0, 0.05) is 0 Å². The van der Waals surface area contributed by atoms with Crippen LogP contribution < -0.4 is 4.90 Å². The number of amidine groups is 1. The third kappa shape index (κ3) is 3.34. The number of nitrogens with zero attached hydrogens (tertiary/aromatic N) is 2. The van der Waals surface area contributed by atoms with Crippen LogP contribution in [0.1, 0.15) is 16.7 Å². The van der Waals surface area contributed by atoms with Crippen LogP contribution in [0.2, 0.25) is 0 Å². The van der Waals surface area contributed by atoms with Crippen LogP contribution in [-0.2, 0) is 4.79 Å². The molecule has 138 valence electrons. The lowest BCUT2D eigenvalue weighted by Crippen LogP contribution is -2.33. The average molecular weight is 374 g/mol. The fourth-order valence-electron chi connectivity index (χ4n) is 2.99. The normalized spacial score (nSPS) is 15.2. The van der Waals surface area contributed by atoms with Crippen molar-refractivity contribution in [1.82, 2.24) is 0 Å². The van der Waals surface area contributed by atoms with Gasteiger partial charge in [-0.3, -0.25) is 9.69 Å². The van der Waals surface area contributed by atoms with E-state index in [9.17, 15) is 13.6 Å². The summed E-state index contributed by atoms with van der Waals surface area (Å²) in [5, 5.41) is 0. The van der Waals surface area contributed by atoms with Gasteiger partial charge in [-0.25, -0.2) is 13.8 Å². The molecule has 3 aromatic rings. The lowest BCUT2D eigenvalue weighted by Gasteiger charge is -2.19. The Morgan fingerprint density at radius 3 is 2.25 bits per heavy atom. The van der Waals surface area contributed by atoms with E-state index < -0.39 is 5.82 Å². The molecule has 3 nitrogen and oxygen atoms in total. The van der Waals surface area contributed by atoms with Crippen molar-refractivity contribution in [2.75, 3.05) is 4.90 Å². The third-order valence-corrected chi connectivity index (χ3v) is 4.44. The molecule has 1 aliphatic rings. The molecular weight excluding hydrogens is 358 g/mol. The predicted molar refractivity (Wildman–Crippen MR) is 106 cm³/mol. The van der Waals surface area contributed by atoms with Crippen LogP contribution in [-0.4, -0.2) is 11.7 Å². The fraction of sp³-hybridized carbons (Fsp3) is 0.0435. The zero-order chi connectivity index (χ0) is 19.7. The summed E-state index contributed by atoms with van der Waals surface area (Å²) in [4.78, 5) is 18.9. The summed E-state index contributed by atoms with van der Waals surface area (Å²) in [6, 6.07) is 19.3. The molecule has 5 heteroatoms. The summed E-state index contributed by atoms with van der Waals surface area (Å²) in [5.74, 6) is -0.974. The number of halogens is 2. The number of hydrogen-bond acceptors (Lipinski definition) is 2. The second-order valence-corrected chi connectivity index (χ2v) is 6.47. The first-order valence-corrected chi connectivity index (χ1v) is 8.75. The molecule has 1 amide bonds.